The van der Waals surface area contributed by atoms with Crippen LogP contribution in [0.2, 0.25) is 0 Å². The van der Waals surface area contributed by atoms with Crippen LogP contribution < -0.4 is 19.1 Å². The zero-order valence-electron chi connectivity index (χ0n) is 16.6. The normalized spacial score (nSPS) is 13.9. The third-order valence-corrected chi connectivity index (χ3v) is 4.92. The number of anilines is 1. The molecule has 0 atom stereocenters. The Kier molecular flexibility index (Phi) is 7.00. The molecule has 1 heterocycles. The van der Waals surface area contributed by atoms with E-state index in [0.29, 0.717) is 19.4 Å². The second-order valence-electron chi connectivity index (χ2n) is 6.67. The monoisotopic (exact) mass is 384 g/mol. The van der Waals surface area contributed by atoms with Crippen LogP contribution in [-0.2, 0) is 4.79 Å². The minimum atomic E-state index is 0.193. The number of benzene rings is 2. The lowest BCUT2D eigenvalue weighted by Crippen LogP contribution is -2.48. The molecule has 0 aliphatic carbocycles. The van der Waals surface area contributed by atoms with Crippen molar-refractivity contribution in [1.82, 2.24) is 4.90 Å². The lowest BCUT2D eigenvalue weighted by atomic mass is 10.2. The van der Waals surface area contributed by atoms with E-state index < -0.39 is 0 Å². The van der Waals surface area contributed by atoms with Crippen molar-refractivity contribution in [3.63, 3.8) is 0 Å². The Morgan fingerprint density at radius 1 is 0.893 bits per heavy atom. The van der Waals surface area contributed by atoms with Crippen molar-refractivity contribution in [2.75, 3.05) is 51.9 Å². The molecule has 1 fully saturated rings. The number of hydrogen-bond acceptors (Lipinski definition) is 5. The van der Waals surface area contributed by atoms with Crippen molar-refractivity contribution in [3.8, 4) is 17.2 Å². The molecule has 0 aromatic heterocycles. The second-order valence-corrected chi connectivity index (χ2v) is 6.67. The molecule has 1 saturated heterocycles. The van der Waals surface area contributed by atoms with Gasteiger partial charge in [-0.25, -0.2) is 0 Å². The van der Waals surface area contributed by atoms with Gasteiger partial charge in [0, 0.05) is 32.6 Å². The van der Waals surface area contributed by atoms with Crippen LogP contribution in [0.4, 0.5) is 5.69 Å². The Labute approximate surface area is 166 Å². The van der Waals surface area contributed by atoms with Crippen LogP contribution in [0.25, 0.3) is 0 Å². The van der Waals surface area contributed by atoms with Crippen molar-refractivity contribution < 1.29 is 19.0 Å². The van der Waals surface area contributed by atoms with E-state index in [0.717, 1.165) is 49.1 Å². The summed E-state index contributed by atoms with van der Waals surface area (Å²) < 4.78 is 16.3. The molecule has 6 nitrogen and oxygen atoms in total. The topological polar surface area (TPSA) is 51.2 Å². The summed E-state index contributed by atoms with van der Waals surface area (Å²) in [6.07, 6.45) is 1.21. The predicted octanol–water partition coefficient (Wildman–Crippen LogP) is 3.21. The van der Waals surface area contributed by atoms with E-state index in [-0.39, 0.29) is 5.91 Å². The van der Waals surface area contributed by atoms with Gasteiger partial charge in [0.15, 0.2) is 0 Å². The first-order chi connectivity index (χ1) is 13.7. The zero-order valence-corrected chi connectivity index (χ0v) is 16.6. The first-order valence-electron chi connectivity index (χ1n) is 9.64. The quantitative estimate of drug-likeness (QED) is 0.654. The van der Waals surface area contributed by atoms with Gasteiger partial charge in [-0.1, -0.05) is 12.1 Å². The summed E-state index contributed by atoms with van der Waals surface area (Å²) in [5, 5.41) is 0. The average Bonchev–Trinajstić information content (AvgIpc) is 2.77. The first kappa shape index (κ1) is 19.9. The highest BCUT2D eigenvalue weighted by Crippen LogP contribution is 2.28. The number of methoxy groups -OCH3 is 2. The molecule has 6 heteroatoms. The van der Waals surface area contributed by atoms with Gasteiger partial charge in [0.1, 0.15) is 17.2 Å². The van der Waals surface area contributed by atoms with Crippen LogP contribution in [0, 0.1) is 0 Å². The maximum absolute atomic E-state index is 12.5. The molecule has 0 saturated carbocycles. The van der Waals surface area contributed by atoms with Crippen molar-refractivity contribution in [2.45, 2.75) is 12.8 Å². The van der Waals surface area contributed by atoms with E-state index in [1.807, 2.05) is 47.4 Å². The summed E-state index contributed by atoms with van der Waals surface area (Å²) >= 11 is 0. The van der Waals surface area contributed by atoms with Crippen LogP contribution in [-0.4, -0.2) is 57.8 Å². The lowest BCUT2D eigenvalue weighted by Gasteiger charge is -2.36. The van der Waals surface area contributed by atoms with Crippen LogP contribution in [0.15, 0.2) is 48.5 Å². The molecule has 0 bridgehead atoms. The summed E-state index contributed by atoms with van der Waals surface area (Å²) in [4.78, 5) is 16.7. The van der Waals surface area contributed by atoms with Gasteiger partial charge in [-0.15, -0.1) is 0 Å². The molecule has 2 aromatic rings. The molecule has 0 radical (unpaired) electrons. The fourth-order valence-corrected chi connectivity index (χ4v) is 3.33. The van der Waals surface area contributed by atoms with E-state index in [2.05, 4.69) is 11.0 Å². The van der Waals surface area contributed by atoms with Crippen LogP contribution in [0.3, 0.4) is 0 Å². The molecule has 28 heavy (non-hydrogen) atoms. The Morgan fingerprint density at radius 2 is 1.57 bits per heavy atom. The SMILES string of the molecule is COc1ccc(OCCCC(=O)N2CCN(c3ccccc3OC)CC2)cc1. The predicted molar refractivity (Wildman–Crippen MR) is 110 cm³/mol. The van der Waals surface area contributed by atoms with Crippen molar-refractivity contribution in [2.24, 2.45) is 0 Å². The maximum Gasteiger partial charge on any atom is 0.222 e. The molecule has 3 rings (SSSR count). The molecule has 0 N–H and O–H groups in total. The summed E-state index contributed by atoms with van der Waals surface area (Å²) in [6, 6.07) is 15.5. The lowest BCUT2D eigenvalue weighted by molar-refractivity contribution is -0.131. The third kappa shape index (κ3) is 5.09. The van der Waals surface area contributed by atoms with Crippen molar-refractivity contribution in [1.29, 1.82) is 0 Å². The maximum atomic E-state index is 12.5. The fourth-order valence-electron chi connectivity index (χ4n) is 3.33. The summed E-state index contributed by atoms with van der Waals surface area (Å²) in [7, 11) is 3.32. The second kappa shape index (κ2) is 9.88. The number of rotatable bonds is 8. The zero-order chi connectivity index (χ0) is 19.8. The van der Waals surface area contributed by atoms with E-state index >= 15 is 0 Å². The standard InChI is InChI=1S/C22H28N2O4/c1-26-18-9-11-19(12-10-18)28-17-5-8-22(25)24-15-13-23(14-16-24)20-6-3-4-7-21(20)27-2/h3-4,6-7,9-12H,5,8,13-17H2,1-2H3. The third-order valence-electron chi connectivity index (χ3n) is 4.92. The number of nitrogens with zero attached hydrogens (tertiary/aromatic N) is 2. The van der Waals surface area contributed by atoms with Gasteiger partial charge in [0.25, 0.3) is 0 Å². The number of para-hydroxylation sites is 2. The van der Waals surface area contributed by atoms with Crippen LogP contribution in [0.1, 0.15) is 12.8 Å². The average molecular weight is 384 g/mol. The highest BCUT2D eigenvalue weighted by atomic mass is 16.5. The molecule has 0 spiro atoms. The van der Waals surface area contributed by atoms with E-state index in [4.69, 9.17) is 14.2 Å². The Balaban J connectivity index is 1.39. The van der Waals surface area contributed by atoms with Gasteiger partial charge < -0.3 is 24.0 Å². The van der Waals surface area contributed by atoms with Gasteiger partial charge in [-0.05, 0) is 42.8 Å². The van der Waals surface area contributed by atoms with Crippen molar-refractivity contribution >= 4 is 11.6 Å². The van der Waals surface area contributed by atoms with Crippen molar-refractivity contribution in [3.05, 3.63) is 48.5 Å². The van der Waals surface area contributed by atoms with E-state index in [9.17, 15) is 4.79 Å². The highest BCUT2D eigenvalue weighted by Gasteiger charge is 2.22. The number of amides is 1. The fraction of sp³-hybridized carbons (Fsp3) is 0.409. The Morgan fingerprint density at radius 3 is 2.25 bits per heavy atom. The molecular formula is C22H28N2O4. The number of carbonyl (C=O) groups excluding carboxylic acids is 1. The molecule has 0 unspecified atom stereocenters. The Bertz CT molecular complexity index is 755. The first-order valence-corrected chi connectivity index (χ1v) is 9.64. The van der Waals surface area contributed by atoms with Crippen LogP contribution in [0.5, 0.6) is 17.2 Å². The van der Waals surface area contributed by atoms with Gasteiger partial charge in [0.2, 0.25) is 5.91 Å². The van der Waals surface area contributed by atoms with Gasteiger partial charge in [-0.2, -0.15) is 0 Å². The molecule has 150 valence electrons. The number of ether oxygens (including phenoxy) is 3. The summed E-state index contributed by atoms with van der Waals surface area (Å²) in [5.74, 6) is 2.66. The van der Waals surface area contributed by atoms with Gasteiger partial charge >= 0.3 is 0 Å². The highest BCUT2D eigenvalue weighted by molar-refractivity contribution is 5.76. The number of hydrogen-bond donors (Lipinski definition) is 0. The largest absolute Gasteiger partial charge is 0.497 e. The molecule has 2 aromatic carbocycles. The summed E-state index contributed by atoms with van der Waals surface area (Å²) in [6.45, 7) is 3.62. The summed E-state index contributed by atoms with van der Waals surface area (Å²) in [5.41, 5.74) is 1.09. The Hall–Kier alpha value is -2.89. The van der Waals surface area contributed by atoms with Gasteiger partial charge in [-0.3, -0.25) is 4.79 Å². The number of piperazine rings is 1. The van der Waals surface area contributed by atoms with E-state index in [1.54, 1.807) is 14.2 Å². The molecule has 1 aliphatic rings. The smallest absolute Gasteiger partial charge is 0.222 e. The molecule has 1 aliphatic heterocycles. The van der Waals surface area contributed by atoms with Gasteiger partial charge in [0.05, 0.1) is 26.5 Å². The minimum absolute atomic E-state index is 0.193. The molecule has 1 amide bonds. The van der Waals surface area contributed by atoms with E-state index in [1.165, 1.54) is 0 Å². The minimum Gasteiger partial charge on any atom is -0.497 e. The van der Waals surface area contributed by atoms with Crippen LogP contribution >= 0.6 is 0 Å². The molecular weight excluding hydrogens is 356 g/mol. The number of carbonyl (C=O) groups is 1.